The number of aromatic nitrogens is 1. The Bertz CT molecular complexity index is 591. The van der Waals surface area contributed by atoms with Crippen molar-refractivity contribution in [2.24, 2.45) is 0 Å². The third kappa shape index (κ3) is 2.48. The molecule has 0 aliphatic rings. The van der Waals surface area contributed by atoms with Crippen LogP contribution in [0.1, 0.15) is 50.9 Å². The van der Waals surface area contributed by atoms with Gasteiger partial charge in [0.2, 0.25) is 0 Å². The molecule has 1 heterocycles. The van der Waals surface area contributed by atoms with Gasteiger partial charge in [-0.3, -0.25) is 0 Å². The average molecular weight is 269 g/mol. The lowest BCUT2D eigenvalue weighted by atomic mass is 10.1. The predicted molar refractivity (Wildman–Crippen MR) is 71.4 cm³/mol. The van der Waals surface area contributed by atoms with Crippen molar-refractivity contribution in [3.05, 3.63) is 35.5 Å². The minimum atomic E-state index is -4.29. The maximum atomic E-state index is 12.8. The van der Waals surface area contributed by atoms with Gasteiger partial charge in [0.15, 0.2) is 0 Å². The van der Waals surface area contributed by atoms with Crippen molar-refractivity contribution < 1.29 is 13.2 Å². The summed E-state index contributed by atoms with van der Waals surface area (Å²) in [5.41, 5.74) is 1.15. The van der Waals surface area contributed by atoms with Crippen LogP contribution in [0.25, 0.3) is 10.9 Å². The molecule has 0 amide bonds. The van der Waals surface area contributed by atoms with E-state index >= 15 is 0 Å². The fourth-order valence-electron chi connectivity index (χ4n) is 2.44. The van der Waals surface area contributed by atoms with Crippen LogP contribution in [0.5, 0.6) is 0 Å². The Labute approximate surface area is 111 Å². The highest BCUT2D eigenvalue weighted by molar-refractivity contribution is 5.82. The highest BCUT2D eigenvalue weighted by atomic mass is 19.4. The van der Waals surface area contributed by atoms with Gasteiger partial charge in [0.05, 0.1) is 5.56 Å². The Morgan fingerprint density at radius 2 is 1.63 bits per heavy atom. The number of hydrogen-bond acceptors (Lipinski definition) is 0. The normalized spacial score (nSPS) is 12.9. The molecule has 2 aromatic rings. The summed E-state index contributed by atoms with van der Waals surface area (Å²) >= 11 is 0. The van der Waals surface area contributed by atoms with Gasteiger partial charge in [-0.1, -0.05) is 19.9 Å². The third-order valence-corrected chi connectivity index (χ3v) is 3.31. The van der Waals surface area contributed by atoms with E-state index in [1.54, 1.807) is 6.07 Å². The number of benzene rings is 1. The van der Waals surface area contributed by atoms with Gasteiger partial charge in [-0.2, -0.15) is 13.2 Å². The van der Waals surface area contributed by atoms with Crippen molar-refractivity contribution in [1.29, 1.82) is 0 Å². The molecule has 0 unspecified atom stereocenters. The van der Waals surface area contributed by atoms with Crippen molar-refractivity contribution in [1.82, 2.24) is 4.57 Å². The van der Waals surface area contributed by atoms with Gasteiger partial charge in [0, 0.05) is 17.3 Å². The summed E-state index contributed by atoms with van der Waals surface area (Å²) < 4.78 is 40.4. The van der Waals surface area contributed by atoms with E-state index < -0.39 is 11.7 Å². The van der Waals surface area contributed by atoms with E-state index in [0.717, 1.165) is 17.1 Å². The van der Waals surface area contributed by atoms with E-state index in [2.05, 4.69) is 13.8 Å². The Kier molecular flexibility index (Phi) is 3.37. The Balaban J connectivity index is 2.73. The molecular formula is C15H18F3N. The molecule has 0 aliphatic heterocycles. The predicted octanol–water partition coefficient (Wildman–Crippen LogP) is 5.36. The Morgan fingerprint density at radius 3 is 2.11 bits per heavy atom. The van der Waals surface area contributed by atoms with E-state index in [4.69, 9.17) is 0 Å². The van der Waals surface area contributed by atoms with E-state index in [1.807, 2.05) is 24.5 Å². The topological polar surface area (TPSA) is 4.93 Å². The Morgan fingerprint density at radius 1 is 1.00 bits per heavy atom. The van der Waals surface area contributed by atoms with Gasteiger partial charge >= 0.3 is 6.18 Å². The molecule has 0 radical (unpaired) electrons. The lowest BCUT2D eigenvalue weighted by Gasteiger charge is -2.17. The van der Waals surface area contributed by atoms with Crippen LogP contribution < -0.4 is 0 Å². The van der Waals surface area contributed by atoms with Gasteiger partial charge in [-0.25, -0.2) is 0 Å². The quantitative estimate of drug-likeness (QED) is 0.691. The summed E-state index contributed by atoms with van der Waals surface area (Å²) in [6.45, 7) is 8.09. The zero-order valence-electron chi connectivity index (χ0n) is 11.5. The molecule has 1 aromatic carbocycles. The fraction of sp³-hybridized carbons (Fsp3) is 0.467. The summed E-state index contributed by atoms with van der Waals surface area (Å²) in [7, 11) is 0. The molecule has 0 saturated carbocycles. The average Bonchev–Trinajstić information content (AvgIpc) is 2.65. The number of alkyl halides is 3. The molecule has 0 aliphatic carbocycles. The first-order valence-electron chi connectivity index (χ1n) is 6.44. The first-order valence-corrected chi connectivity index (χ1v) is 6.44. The second-order valence-electron chi connectivity index (χ2n) is 5.46. The highest BCUT2D eigenvalue weighted by Crippen LogP contribution is 2.34. The maximum absolute atomic E-state index is 12.8. The molecule has 0 fully saturated rings. The summed E-state index contributed by atoms with van der Waals surface area (Å²) in [5, 5.41) is 0.866. The summed E-state index contributed by atoms with van der Waals surface area (Å²) in [6, 6.07) is 6.08. The van der Waals surface area contributed by atoms with Gasteiger partial charge in [0.25, 0.3) is 0 Å². The number of hydrogen-bond donors (Lipinski definition) is 0. The van der Waals surface area contributed by atoms with E-state index in [1.165, 1.54) is 6.07 Å². The molecule has 0 saturated heterocycles. The first-order chi connectivity index (χ1) is 8.71. The summed E-state index contributed by atoms with van der Waals surface area (Å²) in [4.78, 5) is 0. The second-order valence-corrected chi connectivity index (χ2v) is 5.46. The van der Waals surface area contributed by atoms with Crippen LogP contribution in [0.3, 0.4) is 0 Å². The fourth-order valence-corrected chi connectivity index (χ4v) is 2.44. The molecular weight excluding hydrogens is 251 g/mol. The molecule has 104 valence electrons. The van der Waals surface area contributed by atoms with Crippen LogP contribution >= 0.6 is 0 Å². The van der Waals surface area contributed by atoms with Gasteiger partial charge in [-0.05, 0) is 43.4 Å². The lowest BCUT2D eigenvalue weighted by molar-refractivity contribution is -0.137. The number of nitrogens with zero attached hydrogens (tertiary/aromatic N) is 1. The van der Waals surface area contributed by atoms with Crippen LogP contribution in [0.4, 0.5) is 13.2 Å². The number of halogens is 3. The summed E-state index contributed by atoms with van der Waals surface area (Å²) in [5.74, 6) is 0.282. The van der Waals surface area contributed by atoms with Crippen molar-refractivity contribution in [2.75, 3.05) is 0 Å². The lowest BCUT2D eigenvalue weighted by Crippen LogP contribution is -2.08. The van der Waals surface area contributed by atoms with Crippen LogP contribution in [-0.4, -0.2) is 4.57 Å². The summed E-state index contributed by atoms with van der Waals surface area (Å²) in [6.07, 6.45) is -4.29. The molecule has 0 spiro atoms. The van der Waals surface area contributed by atoms with Crippen LogP contribution in [-0.2, 0) is 6.18 Å². The third-order valence-electron chi connectivity index (χ3n) is 3.31. The van der Waals surface area contributed by atoms with Crippen LogP contribution in [0, 0.1) is 0 Å². The van der Waals surface area contributed by atoms with Crippen molar-refractivity contribution in [3.8, 4) is 0 Å². The van der Waals surface area contributed by atoms with Crippen LogP contribution in [0.2, 0.25) is 0 Å². The molecule has 0 bridgehead atoms. The van der Waals surface area contributed by atoms with E-state index in [0.29, 0.717) is 5.52 Å². The van der Waals surface area contributed by atoms with Gasteiger partial charge in [0.1, 0.15) is 0 Å². The molecule has 1 aromatic heterocycles. The molecule has 1 nitrogen and oxygen atoms in total. The molecule has 0 N–H and O–H groups in total. The molecule has 0 atom stereocenters. The molecule has 2 rings (SSSR count). The molecule has 19 heavy (non-hydrogen) atoms. The van der Waals surface area contributed by atoms with Crippen molar-refractivity contribution in [3.63, 3.8) is 0 Å². The van der Waals surface area contributed by atoms with Gasteiger partial charge < -0.3 is 4.57 Å². The van der Waals surface area contributed by atoms with Gasteiger partial charge in [-0.15, -0.1) is 0 Å². The molecule has 4 heteroatoms. The smallest absolute Gasteiger partial charge is 0.342 e. The number of fused-ring (bicyclic) bond motifs is 1. The minimum absolute atomic E-state index is 0.137. The highest BCUT2D eigenvalue weighted by Gasteiger charge is 2.31. The van der Waals surface area contributed by atoms with E-state index in [9.17, 15) is 13.2 Å². The van der Waals surface area contributed by atoms with Crippen molar-refractivity contribution in [2.45, 2.75) is 45.8 Å². The van der Waals surface area contributed by atoms with Crippen LogP contribution in [0.15, 0.2) is 24.3 Å². The largest absolute Gasteiger partial charge is 0.416 e. The number of rotatable bonds is 2. The minimum Gasteiger partial charge on any atom is -0.342 e. The standard InChI is InChI=1S/C15H18F3N/c1-9(2)13-7-11-5-6-12(15(16,17)18)8-14(11)19(13)10(3)4/h5-10H,1-4H3. The zero-order chi connectivity index (χ0) is 14.4. The monoisotopic (exact) mass is 269 g/mol. The second kappa shape index (κ2) is 4.58. The SMILES string of the molecule is CC(C)c1cc2ccc(C(F)(F)F)cc2n1C(C)C. The zero-order valence-corrected chi connectivity index (χ0v) is 11.5. The van der Waals surface area contributed by atoms with E-state index in [-0.39, 0.29) is 12.0 Å². The maximum Gasteiger partial charge on any atom is 0.416 e. The first kappa shape index (κ1) is 14.0. The Hall–Kier alpha value is -1.45. The van der Waals surface area contributed by atoms with Crippen molar-refractivity contribution >= 4 is 10.9 Å².